The molecular weight excluding hydrogens is 549 g/mol. The molecule has 0 amide bonds. The minimum atomic E-state index is -4.71. The van der Waals surface area contributed by atoms with Crippen molar-refractivity contribution in [3.8, 4) is 5.88 Å². The Morgan fingerprint density at radius 3 is 2.57 bits per heavy atom. The summed E-state index contributed by atoms with van der Waals surface area (Å²) in [6.07, 6.45) is -3.83. The zero-order valence-electron chi connectivity index (χ0n) is 19.7. The number of rotatable bonds is 8. The molecule has 5 rings (SSSR count). The summed E-state index contributed by atoms with van der Waals surface area (Å²) in [5, 5.41) is 15.6. The van der Waals surface area contributed by atoms with Crippen LogP contribution in [0.1, 0.15) is 35.7 Å². The smallest absolute Gasteiger partial charge is 0.453 e. The van der Waals surface area contributed by atoms with Crippen molar-refractivity contribution in [2.75, 3.05) is 6.54 Å². The van der Waals surface area contributed by atoms with Gasteiger partial charge in [0.1, 0.15) is 6.61 Å². The Balaban J connectivity index is 1.32. The SMILES string of the molecule is CC(NCCc1cccc(Br)c1)c1cccc(COc2nn3c(C(F)(F)F)nnc3c3ccccc23)n1. The van der Waals surface area contributed by atoms with Crippen molar-refractivity contribution >= 4 is 32.3 Å². The summed E-state index contributed by atoms with van der Waals surface area (Å²) < 4.78 is 47.9. The summed E-state index contributed by atoms with van der Waals surface area (Å²) in [5.41, 5.74) is 2.70. The fourth-order valence-electron chi connectivity index (χ4n) is 4.03. The lowest BCUT2D eigenvalue weighted by Gasteiger charge is -2.15. The predicted molar refractivity (Wildman–Crippen MR) is 136 cm³/mol. The largest absolute Gasteiger partial charge is 0.470 e. The summed E-state index contributed by atoms with van der Waals surface area (Å²) in [6.45, 7) is 2.84. The van der Waals surface area contributed by atoms with Gasteiger partial charge in [-0.1, -0.05) is 52.3 Å². The van der Waals surface area contributed by atoms with E-state index in [0.29, 0.717) is 21.0 Å². The van der Waals surface area contributed by atoms with Gasteiger partial charge in [-0.15, -0.1) is 15.3 Å². The summed E-state index contributed by atoms with van der Waals surface area (Å²) in [7, 11) is 0. The molecule has 0 fully saturated rings. The van der Waals surface area contributed by atoms with Crippen LogP contribution in [0.2, 0.25) is 0 Å². The normalized spacial score (nSPS) is 12.8. The number of pyridine rings is 1. The highest BCUT2D eigenvalue weighted by Crippen LogP contribution is 2.32. The van der Waals surface area contributed by atoms with Gasteiger partial charge in [0.05, 0.1) is 11.4 Å². The van der Waals surface area contributed by atoms with Gasteiger partial charge in [0.15, 0.2) is 5.65 Å². The summed E-state index contributed by atoms with van der Waals surface area (Å²) in [4.78, 5) is 4.68. The summed E-state index contributed by atoms with van der Waals surface area (Å²) >= 11 is 3.49. The third-order valence-corrected chi connectivity index (χ3v) is 6.36. The van der Waals surface area contributed by atoms with E-state index in [1.807, 2.05) is 31.2 Å². The molecule has 0 radical (unpaired) electrons. The van der Waals surface area contributed by atoms with E-state index >= 15 is 0 Å². The van der Waals surface area contributed by atoms with Gasteiger partial charge >= 0.3 is 6.18 Å². The summed E-state index contributed by atoms with van der Waals surface area (Å²) in [5.74, 6) is -1.17. The molecule has 1 N–H and O–H groups in total. The van der Waals surface area contributed by atoms with Crippen LogP contribution in [0.15, 0.2) is 71.2 Å². The first-order valence-corrected chi connectivity index (χ1v) is 12.4. The van der Waals surface area contributed by atoms with Gasteiger partial charge in [0.2, 0.25) is 5.88 Å². The molecule has 1 atom stereocenters. The maximum absolute atomic E-state index is 13.4. The van der Waals surface area contributed by atoms with Gasteiger partial charge in [0.25, 0.3) is 5.82 Å². The third kappa shape index (κ3) is 5.57. The number of aromatic nitrogens is 5. The number of ether oxygens (including phenoxy) is 1. The molecule has 3 aromatic heterocycles. The lowest BCUT2D eigenvalue weighted by molar-refractivity contribution is -0.146. The molecule has 5 aromatic rings. The number of hydrogen-bond donors (Lipinski definition) is 1. The second-order valence-electron chi connectivity index (χ2n) is 8.51. The minimum Gasteiger partial charge on any atom is -0.470 e. The molecule has 0 aliphatic heterocycles. The Morgan fingerprint density at radius 1 is 1.00 bits per heavy atom. The number of alkyl halides is 3. The van der Waals surface area contributed by atoms with Crippen LogP contribution < -0.4 is 10.1 Å². The quantitative estimate of drug-likeness (QED) is 0.249. The van der Waals surface area contributed by atoms with Crippen molar-refractivity contribution in [3.63, 3.8) is 0 Å². The fourth-order valence-corrected chi connectivity index (χ4v) is 4.47. The summed E-state index contributed by atoms with van der Waals surface area (Å²) in [6, 6.07) is 20.6. The van der Waals surface area contributed by atoms with Crippen molar-refractivity contribution in [2.24, 2.45) is 0 Å². The van der Waals surface area contributed by atoms with Crippen molar-refractivity contribution in [3.05, 3.63) is 94.0 Å². The average Bonchev–Trinajstić information content (AvgIpc) is 3.32. The van der Waals surface area contributed by atoms with Gasteiger partial charge < -0.3 is 10.1 Å². The van der Waals surface area contributed by atoms with Crippen molar-refractivity contribution < 1.29 is 17.9 Å². The number of nitrogens with one attached hydrogen (secondary N) is 1. The number of hydrogen-bond acceptors (Lipinski definition) is 6. The molecule has 190 valence electrons. The molecule has 0 bridgehead atoms. The van der Waals surface area contributed by atoms with Gasteiger partial charge in [-0.2, -0.15) is 17.7 Å². The zero-order chi connectivity index (χ0) is 26.0. The van der Waals surface area contributed by atoms with Crippen LogP contribution in [0.3, 0.4) is 0 Å². The number of fused-ring (bicyclic) bond motifs is 3. The highest BCUT2D eigenvalue weighted by molar-refractivity contribution is 9.10. The molecule has 0 saturated heterocycles. The van der Waals surface area contributed by atoms with Crippen LogP contribution in [0.4, 0.5) is 13.2 Å². The van der Waals surface area contributed by atoms with Crippen LogP contribution in [0, 0.1) is 0 Å². The van der Waals surface area contributed by atoms with Crippen molar-refractivity contribution in [1.82, 2.24) is 30.1 Å². The predicted octanol–water partition coefficient (Wildman–Crippen LogP) is 5.93. The van der Waals surface area contributed by atoms with E-state index in [9.17, 15) is 13.2 Å². The van der Waals surface area contributed by atoms with E-state index in [1.165, 1.54) is 5.56 Å². The third-order valence-electron chi connectivity index (χ3n) is 5.87. The number of benzene rings is 2. The number of nitrogens with zero attached hydrogens (tertiary/aromatic N) is 5. The van der Waals surface area contributed by atoms with E-state index in [4.69, 9.17) is 4.74 Å². The lowest BCUT2D eigenvalue weighted by atomic mass is 10.1. The van der Waals surface area contributed by atoms with Gasteiger partial charge in [-0.05, 0) is 55.8 Å². The maximum Gasteiger partial charge on any atom is 0.453 e. The van der Waals surface area contributed by atoms with Crippen molar-refractivity contribution in [2.45, 2.75) is 32.2 Å². The molecule has 2 aromatic carbocycles. The van der Waals surface area contributed by atoms with Crippen LogP contribution >= 0.6 is 15.9 Å². The molecule has 37 heavy (non-hydrogen) atoms. The first kappa shape index (κ1) is 25.1. The molecular formula is C26H22BrF3N6O. The Labute approximate surface area is 218 Å². The second kappa shape index (κ2) is 10.4. The second-order valence-corrected chi connectivity index (χ2v) is 9.42. The Bertz CT molecular complexity index is 1550. The highest BCUT2D eigenvalue weighted by atomic mass is 79.9. The maximum atomic E-state index is 13.4. The lowest BCUT2D eigenvalue weighted by Crippen LogP contribution is -2.22. The zero-order valence-corrected chi connectivity index (χ0v) is 21.3. The standard InChI is InChI=1S/C26H22BrF3N6O/c1-16(31-13-12-17-6-4-7-18(27)14-17)22-11-5-8-19(32-22)15-37-24-21-10-3-2-9-20(21)23-33-34-25(26(28,29)30)36(23)35-24/h2-11,14,16,31H,12-13,15H2,1H3. The van der Waals surface area contributed by atoms with Crippen LogP contribution in [-0.2, 0) is 19.2 Å². The Hall–Kier alpha value is -3.57. The van der Waals surface area contributed by atoms with E-state index in [0.717, 1.165) is 23.1 Å². The fraction of sp³-hybridized carbons (Fsp3) is 0.231. The molecule has 7 nitrogen and oxygen atoms in total. The first-order chi connectivity index (χ1) is 17.8. The molecule has 0 spiro atoms. The molecule has 0 aliphatic carbocycles. The Morgan fingerprint density at radius 2 is 1.78 bits per heavy atom. The van der Waals surface area contributed by atoms with Crippen molar-refractivity contribution in [1.29, 1.82) is 0 Å². The number of halogens is 4. The van der Waals surface area contributed by atoms with Crippen LogP contribution in [-0.4, -0.2) is 31.3 Å². The molecule has 3 heterocycles. The van der Waals surface area contributed by atoms with Crippen LogP contribution in [0.25, 0.3) is 16.4 Å². The van der Waals surface area contributed by atoms with E-state index in [1.54, 1.807) is 30.3 Å². The average molecular weight is 571 g/mol. The Kier molecular flexibility index (Phi) is 7.07. The van der Waals surface area contributed by atoms with E-state index in [2.05, 4.69) is 53.7 Å². The van der Waals surface area contributed by atoms with E-state index in [-0.39, 0.29) is 24.2 Å². The molecule has 0 aliphatic rings. The van der Waals surface area contributed by atoms with Gasteiger partial charge in [-0.25, -0.2) is 0 Å². The first-order valence-electron chi connectivity index (χ1n) is 11.6. The topological polar surface area (TPSA) is 77.2 Å². The highest BCUT2D eigenvalue weighted by Gasteiger charge is 2.38. The van der Waals surface area contributed by atoms with Gasteiger partial charge in [-0.3, -0.25) is 4.98 Å². The molecule has 11 heteroatoms. The van der Waals surface area contributed by atoms with Crippen LogP contribution in [0.5, 0.6) is 5.88 Å². The van der Waals surface area contributed by atoms with Gasteiger partial charge in [0, 0.05) is 21.3 Å². The van der Waals surface area contributed by atoms with E-state index < -0.39 is 12.0 Å². The molecule has 1 unspecified atom stereocenters. The minimum absolute atomic E-state index is 0.00576. The monoisotopic (exact) mass is 570 g/mol. The molecule has 0 saturated carbocycles.